The molecule has 2 aromatic rings. The maximum Gasteiger partial charge on any atom is 0.195 e. The molecule has 0 amide bonds. The van der Waals surface area contributed by atoms with Gasteiger partial charge in [0.1, 0.15) is 5.76 Å². The number of nitrogens with one attached hydrogen (secondary N) is 2. The SMILES string of the molecule is CCOc1cc(NC(=NC)NCC(C)c2c(C)noc2C)ccc1OC.I. The molecule has 1 aromatic carbocycles. The summed E-state index contributed by atoms with van der Waals surface area (Å²) in [5, 5.41) is 10.6. The van der Waals surface area contributed by atoms with Gasteiger partial charge in [0.15, 0.2) is 17.5 Å². The maximum atomic E-state index is 5.61. The Hall–Kier alpha value is -1.97. The van der Waals surface area contributed by atoms with Gasteiger partial charge in [0, 0.05) is 36.8 Å². The second kappa shape index (κ2) is 11.0. The zero-order chi connectivity index (χ0) is 19.1. The van der Waals surface area contributed by atoms with Crippen LogP contribution in [0.4, 0.5) is 5.69 Å². The van der Waals surface area contributed by atoms with Crippen molar-refractivity contribution >= 4 is 35.6 Å². The molecule has 2 N–H and O–H groups in total. The zero-order valence-corrected chi connectivity index (χ0v) is 19.1. The number of aliphatic imine (C=N–C) groups is 1. The molecule has 150 valence electrons. The predicted octanol–water partition coefficient (Wildman–Crippen LogP) is 4.11. The number of aryl methyl sites for hydroxylation is 2. The lowest BCUT2D eigenvalue weighted by molar-refractivity contribution is 0.311. The highest BCUT2D eigenvalue weighted by Crippen LogP contribution is 2.30. The average Bonchev–Trinajstić information content (AvgIpc) is 2.97. The van der Waals surface area contributed by atoms with Crippen LogP contribution in [0.2, 0.25) is 0 Å². The van der Waals surface area contributed by atoms with Crippen LogP contribution in [0.1, 0.15) is 36.8 Å². The van der Waals surface area contributed by atoms with Crippen LogP contribution in [0, 0.1) is 13.8 Å². The van der Waals surface area contributed by atoms with Crippen molar-refractivity contribution < 1.29 is 14.0 Å². The zero-order valence-electron chi connectivity index (χ0n) is 16.8. The van der Waals surface area contributed by atoms with Crippen LogP contribution in [0.25, 0.3) is 0 Å². The summed E-state index contributed by atoms with van der Waals surface area (Å²) in [7, 11) is 3.37. The fourth-order valence-corrected chi connectivity index (χ4v) is 2.88. The summed E-state index contributed by atoms with van der Waals surface area (Å²) in [6.07, 6.45) is 0. The second-order valence-corrected chi connectivity index (χ2v) is 6.02. The number of nitrogens with zero attached hydrogens (tertiary/aromatic N) is 2. The summed E-state index contributed by atoms with van der Waals surface area (Å²) in [4.78, 5) is 4.28. The first-order chi connectivity index (χ1) is 12.5. The summed E-state index contributed by atoms with van der Waals surface area (Å²) >= 11 is 0. The third-order valence-electron chi connectivity index (χ3n) is 4.11. The Balaban J connectivity index is 0.00000364. The molecule has 27 heavy (non-hydrogen) atoms. The molecule has 0 radical (unpaired) electrons. The van der Waals surface area contributed by atoms with E-state index in [2.05, 4.69) is 27.7 Å². The van der Waals surface area contributed by atoms with Crippen LogP contribution < -0.4 is 20.1 Å². The molecule has 1 heterocycles. The van der Waals surface area contributed by atoms with Gasteiger partial charge in [0.2, 0.25) is 0 Å². The van der Waals surface area contributed by atoms with Crippen LogP contribution in [0.5, 0.6) is 11.5 Å². The van der Waals surface area contributed by atoms with Crippen LogP contribution >= 0.6 is 24.0 Å². The quantitative estimate of drug-likeness (QED) is 0.347. The number of benzene rings is 1. The van der Waals surface area contributed by atoms with E-state index >= 15 is 0 Å². The molecule has 0 aliphatic heterocycles. The number of guanidine groups is 1. The van der Waals surface area contributed by atoms with Gasteiger partial charge in [-0.05, 0) is 32.9 Å². The van der Waals surface area contributed by atoms with Gasteiger partial charge >= 0.3 is 0 Å². The molecular formula is C19H29IN4O3. The lowest BCUT2D eigenvalue weighted by Crippen LogP contribution is -2.33. The molecule has 1 unspecified atom stereocenters. The molecule has 0 fully saturated rings. The second-order valence-electron chi connectivity index (χ2n) is 6.02. The molecule has 0 aliphatic carbocycles. The van der Waals surface area contributed by atoms with E-state index in [9.17, 15) is 0 Å². The largest absolute Gasteiger partial charge is 0.493 e. The monoisotopic (exact) mass is 488 g/mol. The van der Waals surface area contributed by atoms with Gasteiger partial charge < -0.3 is 24.6 Å². The topological polar surface area (TPSA) is 80.9 Å². The van der Waals surface area contributed by atoms with Gasteiger partial charge in [-0.1, -0.05) is 12.1 Å². The van der Waals surface area contributed by atoms with E-state index < -0.39 is 0 Å². The highest BCUT2D eigenvalue weighted by atomic mass is 127. The summed E-state index contributed by atoms with van der Waals surface area (Å²) in [5.41, 5.74) is 2.93. The number of hydrogen-bond acceptors (Lipinski definition) is 5. The molecule has 7 nitrogen and oxygen atoms in total. The van der Waals surface area contributed by atoms with Gasteiger partial charge in [-0.2, -0.15) is 0 Å². The van der Waals surface area contributed by atoms with Gasteiger partial charge in [-0.15, -0.1) is 24.0 Å². The molecule has 1 aromatic heterocycles. The Morgan fingerprint density at radius 3 is 2.59 bits per heavy atom. The lowest BCUT2D eigenvalue weighted by atomic mass is 10.00. The normalized spacial score (nSPS) is 12.1. The summed E-state index contributed by atoms with van der Waals surface area (Å²) in [6, 6.07) is 5.69. The third-order valence-corrected chi connectivity index (χ3v) is 4.11. The van der Waals surface area contributed by atoms with Crippen LogP contribution in [0.3, 0.4) is 0 Å². The predicted molar refractivity (Wildman–Crippen MR) is 119 cm³/mol. The van der Waals surface area contributed by atoms with Crippen LogP contribution in [-0.2, 0) is 0 Å². The van der Waals surface area contributed by atoms with Gasteiger partial charge in [-0.25, -0.2) is 0 Å². The van der Waals surface area contributed by atoms with E-state index in [0.717, 1.165) is 22.7 Å². The average molecular weight is 488 g/mol. The maximum absolute atomic E-state index is 5.61. The van der Waals surface area contributed by atoms with Crippen molar-refractivity contribution in [3.63, 3.8) is 0 Å². The van der Waals surface area contributed by atoms with E-state index in [1.54, 1.807) is 14.2 Å². The van der Waals surface area contributed by atoms with Crippen molar-refractivity contribution in [2.75, 3.05) is 32.6 Å². The molecule has 0 bridgehead atoms. The number of anilines is 1. The van der Waals surface area contributed by atoms with Crippen LogP contribution in [0.15, 0.2) is 27.7 Å². The number of rotatable bonds is 7. The molecular weight excluding hydrogens is 459 g/mol. The van der Waals surface area contributed by atoms with Crippen molar-refractivity contribution in [1.82, 2.24) is 10.5 Å². The Morgan fingerprint density at radius 1 is 1.30 bits per heavy atom. The Labute approximate surface area is 177 Å². The van der Waals surface area contributed by atoms with Crippen molar-refractivity contribution in [3.8, 4) is 11.5 Å². The standard InChI is InChI=1S/C19H28N4O3.HI/c1-7-25-17-10-15(8-9-16(17)24-6)22-19(20-5)21-11-12(2)18-13(3)23-26-14(18)4;/h8-10,12H,7,11H2,1-6H3,(H2,20,21,22);1H. The Morgan fingerprint density at radius 2 is 2.04 bits per heavy atom. The molecule has 2 rings (SSSR count). The molecule has 1 atom stereocenters. The fraction of sp³-hybridized carbons (Fsp3) is 0.474. The lowest BCUT2D eigenvalue weighted by Gasteiger charge is -2.17. The number of ether oxygens (including phenoxy) is 2. The first-order valence-electron chi connectivity index (χ1n) is 8.71. The fourth-order valence-electron chi connectivity index (χ4n) is 2.88. The van der Waals surface area contributed by atoms with Gasteiger partial charge in [0.05, 0.1) is 19.4 Å². The summed E-state index contributed by atoms with van der Waals surface area (Å²) < 4.78 is 16.2. The molecule has 0 saturated heterocycles. The Kier molecular flexibility index (Phi) is 9.40. The first-order valence-corrected chi connectivity index (χ1v) is 8.71. The number of halogens is 1. The smallest absolute Gasteiger partial charge is 0.195 e. The number of methoxy groups -OCH3 is 1. The van der Waals surface area contributed by atoms with E-state index in [-0.39, 0.29) is 29.9 Å². The number of hydrogen-bond donors (Lipinski definition) is 2. The van der Waals surface area contributed by atoms with Crippen molar-refractivity contribution in [2.24, 2.45) is 4.99 Å². The highest BCUT2D eigenvalue weighted by molar-refractivity contribution is 14.0. The minimum absolute atomic E-state index is 0. The molecule has 0 spiro atoms. The van der Waals surface area contributed by atoms with E-state index in [0.29, 0.717) is 30.6 Å². The van der Waals surface area contributed by atoms with Crippen molar-refractivity contribution in [2.45, 2.75) is 33.6 Å². The third kappa shape index (κ3) is 6.02. The first kappa shape index (κ1) is 23.1. The van der Waals surface area contributed by atoms with Crippen molar-refractivity contribution in [1.29, 1.82) is 0 Å². The van der Waals surface area contributed by atoms with E-state index in [1.807, 2.05) is 39.0 Å². The number of aromatic nitrogens is 1. The Bertz CT molecular complexity index is 742. The minimum Gasteiger partial charge on any atom is -0.493 e. The van der Waals surface area contributed by atoms with Crippen LogP contribution in [-0.4, -0.2) is 38.4 Å². The summed E-state index contributed by atoms with van der Waals surface area (Å²) in [6.45, 7) is 9.25. The highest BCUT2D eigenvalue weighted by Gasteiger charge is 2.16. The van der Waals surface area contributed by atoms with Gasteiger partial charge in [-0.3, -0.25) is 4.99 Å². The molecule has 8 heteroatoms. The van der Waals surface area contributed by atoms with E-state index in [4.69, 9.17) is 14.0 Å². The van der Waals surface area contributed by atoms with E-state index in [1.165, 1.54) is 0 Å². The van der Waals surface area contributed by atoms with Crippen molar-refractivity contribution in [3.05, 3.63) is 35.2 Å². The summed E-state index contributed by atoms with van der Waals surface area (Å²) in [5.74, 6) is 3.18. The van der Waals surface area contributed by atoms with Gasteiger partial charge in [0.25, 0.3) is 0 Å². The molecule has 0 saturated carbocycles. The minimum atomic E-state index is 0. The molecule has 0 aliphatic rings.